The third kappa shape index (κ3) is 3.26. The maximum atomic E-state index is 11.9. The van der Waals surface area contributed by atoms with Gasteiger partial charge in [-0.05, 0) is 6.42 Å². The highest BCUT2D eigenvalue weighted by Crippen LogP contribution is 2.07. The topological polar surface area (TPSA) is 69.7 Å². The Bertz CT molecular complexity index is 328. The summed E-state index contributed by atoms with van der Waals surface area (Å²) in [5, 5.41) is 2.87. The van der Waals surface area contributed by atoms with Crippen molar-refractivity contribution in [1.82, 2.24) is 15.1 Å². The van der Waals surface area contributed by atoms with E-state index in [0.29, 0.717) is 6.42 Å². The lowest BCUT2D eigenvalue weighted by molar-refractivity contribution is -0.149. The van der Waals surface area contributed by atoms with Gasteiger partial charge < -0.3 is 4.90 Å². The minimum Gasteiger partial charge on any atom is -0.349 e. The Morgan fingerprint density at radius 2 is 2.12 bits per heavy atom. The molecule has 6 nitrogen and oxygen atoms in total. The van der Waals surface area contributed by atoms with E-state index in [4.69, 9.17) is 0 Å². The van der Waals surface area contributed by atoms with E-state index in [9.17, 15) is 14.4 Å². The molecule has 0 saturated carbocycles. The number of piperazine rings is 1. The number of rotatable bonds is 4. The van der Waals surface area contributed by atoms with Gasteiger partial charge in [-0.3, -0.25) is 24.6 Å². The number of carbonyl (C=O) groups is 3. The second-order valence-electron chi connectivity index (χ2n) is 4.26. The molecule has 1 aliphatic heterocycles. The quantitative estimate of drug-likeness (QED) is 0.654. The number of carbonyl (C=O) groups excluding carboxylic acids is 3. The van der Waals surface area contributed by atoms with Gasteiger partial charge in [0.05, 0.1) is 12.6 Å². The molecule has 1 fully saturated rings. The van der Waals surface area contributed by atoms with Gasteiger partial charge in [-0.25, -0.2) is 0 Å². The molecule has 0 spiro atoms. The number of nitrogens with one attached hydrogen (secondary N) is 1. The summed E-state index contributed by atoms with van der Waals surface area (Å²) in [7, 11) is 3.30. The lowest BCUT2D eigenvalue weighted by Crippen LogP contribution is -2.58. The Kier molecular flexibility index (Phi) is 4.62. The van der Waals surface area contributed by atoms with E-state index in [0.717, 1.165) is 0 Å². The Morgan fingerprint density at radius 1 is 1.47 bits per heavy atom. The summed E-state index contributed by atoms with van der Waals surface area (Å²) in [6.07, 6.45) is 0.825. The third-order valence-electron chi connectivity index (χ3n) is 2.82. The van der Waals surface area contributed by atoms with Crippen LogP contribution in [0.5, 0.6) is 0 Å². The number of imide groups is 1. The molecule has 1 saturated heterocycles. The molecular formula is C11H19N3O3. The molecule has 0 aromatic carbocycles. The number of hydrogen-bond acceptors (Lipinski definition) is 4. The zero-order chi connectivity index (χ0) is 13.0. The molecule has 1 unspecified atom stereocenters. The van der Waals surface area contributed by atoms with Crippen molar-refractivity contribution in [1.29, 1.82) is 0 Å². The van der Waals surface area contributed by atoms with Gasteiger partial charge in [-0.2, -0.15) is 0 Å². The molecule has 0 aromatic rings. The van der Waals surface area contributed by atoms with Gasteiger partial charge in [0.25, 0.3) is 0 Å². The lowest BCUT2D eigenvalue weighted by atomic mass is 10.1. The van der Waals surface area contributed by atoms with Crippen molar-refractivity contribution in [3.05, 3.63) is 0 Å². The molecule has 3 amide bonds. The molecule has 0 aliphatic carbocycles. The molecule has 0 radical (unpaired) electrons. The van der Waals surface area contributed by atoms with E-state index in [1.54, 1.807) is 14.1 Å². The summed E-state index contributed by atoms with van der Waals surface area (Å²) in [6.45, 7) is 2.22. The third-order valence-corrected chi connectivity index (χ3v) is 2.82. The monoisotopic (exact) mass is 241 g/mol. The van der Waals surface area contributed by atoms with Gasteiger partial charge in [0, 0.05) is 27.1 Å². The lowest BCUT2D eigenvalue weighted by Gasteiger charge is -2.31. The molecular weight excluding hydrogens is 222 g/mol. The molecule has 17 heavy (non-hydrogen) atoms. The molecule has 0 bridgehead atoms. The Balaban J connectivity index is 2.58. The molecule has 6 heteroatoms. The van der Waals surface area contributed by atoms with Gasteiger partial charge in [-0.15, -0.1) is 0 Å². The SMILES string of the molecule is CCC1NCC(=O)N(CCC(=O)N(C)C)C1=O. The summed E-state index contributed by atoms with van der Waals surface area (Å²) in [6, 6.07) is -0.304. The van der Waals surface area contributed by atoms with Crippen LogP contribution in [-0.2, 0) is 14.4 Å². The first kappa shape index (κ1) is 13.6. The second kappa shape index (κ2) is 5.77. The summed E-state index contributed by atoms with van der Waals surface area (Å²) < 4.78 is 0. The average Bonchev–Trinajstić information content (AvgIpc) is 2.28. The molecule has 96 valence electrons. The predicted octanol–water partition coefficient (Wildman–Crippen LogP) is -0.798. The van der Waals surface area contributed by atoms with Crippen molar-refractivity contribution in [2.45, 2.75) is 25.8 Å². The minimum absolute atomic E-state index is 0.0859. The van der Waals surface area contributed by atoms with Gasteiger partial charge in [0.1, 0.15) is 0 Å². The van der Waals surface area contributed by atoms with E-state index >= 15 is 0 Å². The first-order valence-electron chi connectivity index (χ1n) is 5.75. The summed E-state index contributed by atoms with van der Waals surface area (Å²) in [5.41, 5.74) is 0. The highest BCUT2D eigenvalue weighted by Gasteiger charge is 2.32. The minimum atomic E-state index is -0.304. The maximum Gasteiger partial charge on any atom is 0.246 e. The zero-order valence-electron chi connectivity index (χ0n) is 10.5. The van der Waals surface area contributed by atoms with Crippen LogP contribution in [0.15, 0.2) is 0 Å². The number of nitrogens with zero attached hydrogens (tertiary/aromatic N) is 2. The van der Waals surface area contributed by atoms with Crippen LogP contribution in [0.4, 0.5) is 0 Å². The second-order valence-corrected chi connectivity index (χ2v) is 4.26. The zero-order valence-corrected chi connectivity index (χ0v) is 10.5. The van der Waals surface area contributed by atoms with Crippen molar-refractivity contribution >= 4 is 17.7 Å². The van der Waals surface area contributed by atoms with Crippen molar-refractivity contribution in [3.8, 4) is 0 Å². The first-order chi connectivity index (χ1) is 7.97. The first-order valence-corrected chi connectivity index (χ1v) is 5.75. The molecule has 1 rings (SSSR count). The van der Waals surface area contributed by atoms with Crippen LogP contribution in [0.1, 0.15) is 19.8 Å². The van der Waals surface area contributed by atoms with E-state index in [1.165, 1.54) is 9.80 Å². The van der Waals surface area contributed by atoms with Crippen LogP contribution in [0.25, 0.3) is 0 Å². The standard InChI is InChI=1S/C11H19N3O3/c1-4-8-11(17)14(10(16)7-12-8)6-5-9(15)13(2)3/h8,12H,4-7H2,1-3H3. The van der Waals surface area contributed by atoms with Gasteiger partial charge in [0.2, 0.25) is 17.7 Å². The van der Waals surface area contributed by atoms with Crippen molar-refractivity contribution in [2.24, 2.45) is 0 Å². The van der Waals surface area contributed by atoms with Gasteiger partial charge >= 0.3 is 0 Å². The fourth-order valence-corrected chi connectivity index (χ4v) is 1.69. The predicted molar refractivity (Wildman–Crippen MR) is 62.1 cm³/mol. The van der Waals surface area contributed by atoms with Crippen LogP contribution in [0.2, 0.25) is 0 Å². The van der Waals surface area contributed by atoms with Crippen molar-refractivity contribution in [2.75, 3.05) is 27.2 Å². The van der Waals surface area contributed by atoms with Crippen LogP contribution in [-0.4, -0.2) is 60.7 Å². The molecule has 0 aromatic heterocycles. The Hall–Kier alpha value is -1.43. The van der Waals surface area contributed by atoms with Gasteiger partial charge in [0.15, 0.2) is 0 Å². The number of amides is 3. The van der Waals surface area contributed by atoms with Crippen molar-refractivity contribution in [3.63, 3.8) is 0 Å². The van der Waals surface area contributed by atoms with Crippen LogP contribution in [0, 0.1) is 0 Å². The molecule has 1 aliphatic rings. The summed E-state index contributed by atoms with van der Waals surface area (Å²) in [4.78, 5) is 37.5. The Morgan fingerprint density at radius 3 is 2.65 bits per heavy atom. The summed E-state index contributed by atoms with van der Waals surface area (Å²) in [5.74, 6) is -0.571. The smallest absolute Gasteiger partial charge is 0.246 e. The maximum absolute atomic E-state index is 11.9. The fraction of sp³-hybridized carbons (Fsp3) is 0.727. The van der Waals surface area contributed by atoms with E-state index in [1.807, 2.05) is 6.92 Å². The molecule has 1 N–H and O–H groups in total. The van der Waals surface area contributed by atoms with Crippen LogP contribution < -0.4 is 5.32 Å². The average molecular weight is 241 g/mol. The van der Waals surface area contributed by atoms with Crippen LogP contribution >= 0.6 is 0 Å². The highest BCUT2D eigenvalue weighted by atomic mass is 16.2. The molecule has 1 heterocycles. The molecule has 1 atom stereocenters. The normalized spacial score (nSPS) is 20.6. The van der Waals surface area contributed by atoms with E-state index < -0.39 is 0 Å². The largest absolute Gasteiger partial charge is 0.349 e. The van der Waals surface area contributed by atoms with Gasteiger partial charge in [-0.1, -0.05) is 6.92 Å². The van der Waals surface area contributed by atoms with Crippen LogP contribution in [0.3, 0.4) is 0 Å². The fourth-order valence-electron chi connectivity index (χ4n) is 1.69. The highest BCUT2D eigenvalue weighted by molar-refractivity contribution is 6.01. The van der Waals surface area contributed by atoms with Crippen molar-refractivity contribution < 1.29 is 14.4 Å². The van der Waals surface area contributed by atoms with E-state index in [2.05, 4.69) is 5.32 Å². The number of hydrogen-bond donors (Lipinski definition) is 1. The Labute approximate surface area is 101 Å². The summed E-state index contributed by atoms with van der Waals surface area (Å²) >= 11 is 0. The van der Waals surface area contributed by atoms with E-state index in [-0.39, 0.29) is 43.3 Å².